The Morgan fingerprint density at radius 1 is 0.958 bits per heavy atom. The summed E-state index contributed by atoms with van der Waals surface area (Å²) in [6.45, 7) is 2.60. The molecule has 0 radical (unpaired) electrons. The highest BCUT2D eigenvalue weighted by Gasteiger charge is 2.11. The topological polar surface area (TPSA) is 36.3 Å². The summed E-state index contributed by atoms with van der Waals surface area (Å²) in [5.41, 5.74) is 3.84. The Morgan fingerprint density at radius 2 is 1.67 bits per heavy atom. The van der Waals surface area contributed by atoms with Crippen molar-refractivity contribution in [3.63, 3.8) is 0 Å². The Morgan fingerprint density at radius 3 is 2.33 bits per heavy atom. The fourth-order valence-corrected chi connectivity index (χ4v) is 2.57. The lowest BCUT2D eigenvalue weighted by Crippen LogP contribution is -2.03. The first-order valence-corrected chi connectivity index (χ1v) is 7.62. The number of hydrogen-bond acceptors (Lipinski definition) is 3. The molecule has 1 aromatic heterocycles. The molecule has 3 aromatic rings. The van der Waals surface area contributed by atoms with Crippen LogP contribution in [0.2, 0.25) is 0 Å². The van der Waals surface area contributed by atoms with Crippen molar-refractivity contribution in [3.8, 4) is 22.8 Å². The van der Waals surface area contributed by atoms with Crippen molar-refractivity contribution >= 4 is 0 Å². The van der Waals surface area contributed by atoms with Gasteiger partial charge in [0, 0.05) is 11.3 Å². The van der Waals surface area contributed by atoms with Crippen LogP contribution in [0.25, 0.3) is 11.3 Å². The van der Waals surface area contributed by atoms with Gasteiger partial charge in [0.15, 0.2) is 11.5 Å². The Hall–Kier alpha value is -2.82. The molecule has 0 amide bonds. The van der Waals surface area contributed by atoms with Crippen molar-refractivity contribution in [2.45, 2.75) is 13.5 Å². The van der Waals surface area contributed by atoms with E-state index in [4.69, 9.17) is 9.47 Å². The molecule has 3 rings (SSSR count). The first-order chi connectivity index (χ1) is 11.6. The summed E-state index contributed by atoms with van der Waals surface area (Å²) in [6.07, 6.45) is 0. The molecule has 0 aliphatic heterocycles. The highest BCUT2D eigenvalue weighted by atomic mass is 19.1. The summed E-state index contributed by atoms with van der Waals surface area (Å²) in [5, 5.41) is 4.66. The molecule has 24 heavy (non-hydrogen) atoms. The number of halogens is 1. The molecule has 0 aliphatic carbocycles. The van der Waals surface area contributed by atoms with Gasteiger partial charge in [-0.15, -0.1) is 0 Å². The lowest BCUT2D eigenvalue weighted by molar-refractivity contribution is 0.355. The first-order valence-electron chi connectivity index (χ1n) is 7.62. The van der Waals surface area contributed by atoms with Gasteiger partial charge >= 0.3 is 0 Å². The van der Waals surface area contributed by atoms with Crippen molar-refractivity contribution in [1.29, 1.82) is 0 Å². The third-order valence-corrected chi connectivity index (χ3v) is 3.91. The van der Waals surface area contributed by atoms with E-state index in [9.17, 15) is 4.39 Å². The molecular formula is C19H19FN2O2. The Balaban J connectivity index is 1.89. The van der Waals surface area contributed by atoms with Crippen LogP contribution in [0.3, 0.4) is 0 Å². The highest BCUT2D eigenvalue weighted by molar-refractivity contribution is 5.64. The molecule has 0 fully saturated rings. The second kappa shape index (κ2) is 6.74. The average molecular weight is 326 g/mol. The minimum absolute atomic E-state index is 0.234. The lowest BCUT2D eigenvalue weighted by Gasteiger charge is -2.08. The van der Waals surface area contributed by atoms with E-state index in [0.717, 1.165) is 22.5 Å². The molecule has 0 atom stereocenters. The van der Waals surface area contributed by atoms with E-state index in [-0.39, 0.29) is 5.82 Å². The zero-order chi connectivity index (χ0) is 17.1. The van der Waals surface area contributed by atoms with Gasteiger partial charge in [0.1, 0.15) is 5.82 Å². The molecule has 5 heteroatoms. The van der Waals surface area contributed by atoms with Gasteiger partial charge in [-0.25, -0.2) is 4.39 Å². The Labute approximate surface area is 140 Å². The zero-order valence-corrected chi connectivity index (χ0v) is 13.9. The number of hydrogen-bond donors (Lipinski definition) is 0. The van der Waals surface area contributed by atoms with Gasteiger partial charge in [-0.2, -0.15) is 5.10 Å². The van der Waals surface area contributed by atoms with Crippen LogP contribution in [-0.4, -0.2) is 24.0 Å². The van der Waals surface area contributed by atoms with Crippen molar-refractivity contribution in [1.82, 2.24) is 9.78 Å². The van der Waals surface area contributed by atoms with E-state index in [2.05, 4.69) is 5.10 Å². The predicted molar refractivity (Wildman–Crippen MR) is 91.0 cm³/mol. The normalized spacial score (nSPS) is 10.7. The maximum atomic E-state index is 13.0. The fraction of sp³-hybridized carbons (Fsp3) is 0.211. The lowest BCUT2D eigenvalue weighted by atomic mass is 10.1. The quantitative estimate of drug-likeness (QED) is 0.709. The summed E-state index contributed by atoms with van der Waals surface area (Å²) in [5.74, 6) is 1.12. The second-order valence-electron chi connectivity index (χ2n) is 5.52. The van der Waals surface area contributed by atoms with E-state index in [1.807, 2.05) is 35.9 Å². The minimum atomic E-state index is -0.234. The van der Waals surface area contributed by atoms with E-state index < -0.39 is 0 Å². The summed E-state index contributed by atoms with van der Waals surface area (Å²) in [7, 11) is 3.22. The molecule has 0 bridgehead atoms. The van der Waals surface area contributed by atoms with Crippen LogP contribution < -0.4 is 9.47 Å². The first kappa shape index (κ1) is 16.1. The standard InChI is InChI=1S/C19H19FN2O2/c1-13-10-17(15-6-9-18(23-2)19(11-15)24-3)21-22(13)12-14-4-7-16(20)8-5-14/h4-11H,12H2,1-3H3. The summed E-state index contributed by atoms with van der Waals surface area (Å²) < 4.78 is 25.5. The molecule has 0 saturated heterocycles. The number of methoxy groups -OCH3 is 2. The van der Waals surface area contributed by atoms with E-state index in [1.54, 1.807) is 26.4 Å². The number of ether oxygens (including phenoxy) is 2. The minimum Gasteiger partial charge on any atom is -0.493 e. The molecule has 1 heterocycles. The van der Waals surface area contributed by atoms with Gasteiger partial charge in [0.25, 0.3) is 0 Å². The summed E-state index contributed by atoms with van der Waals surface area (Å²) in [4.78, 5) is 0. The summed E-state index contributed by atoms with van der Waals surface area (Å²) >= 11 is 0. The second-order valence-corrected chi connectivity index (χ2v) is 5.52. The van der Waals surface area contributed by atoms with Crippen LogP contribution >= 0.6 is 0 Å². The zero-order valence-electron chi connectivity index (χ0n) is 13.9. The number of benzene rings is 2. The van der Waals surface area contributed by atoms with Gasteiger partial charge in [-0.1, -0.05) is 12.1 Å². The van der Waals surface area contributed by atoms with Crippen LogP contribution in [0.5, 0.6) is 11.5 Å². The van der Waals surface area contributed by atoms with Crippen molar-refractivity contribution < 1.29 is 13.9 Å². The molecule has 0 unspecified atom stereocenters. The van der Waals surface area contributed by atoms with E-state index >= 15 is 0 Å². The van der Waals surface area contributed by atoms with Gasteiger partial charge in [0.05, 0.1) is 26.5 Å². The number of nitrogens with zero attached hydrogens (tertiary/aromatic N) is 2. The molecule has 0 saturated carbocycles. The third kappa shape index (κ3) is 3.25. The number of rotatable bonds is 5. The van der Waals surface area contributed by atoms with Crippen LogP contribution in [0.4, 0.5) is 4.39 Å². The van der Waals surface area contributed by atoms with Gasteiger partial charge in [-0.3, -0.25) is 4.68 Å². The predicted octanol–water partition coefficient (Wildman–Crippen LogP) is 4.06. The van der Waals surface area contributed by atoms with Gasteiger partial charge < -0.3 is 9.47 Å². The maximum Gasteiger partial charge on any atom is 0.161 e. The SMILES string of the molecule is COc1ccc(-c2cc(C)n(Cc3ccc(F)cc3)n2)cc1OC. The maximum absolute atomic E-state index is 13.0. The number of aromatic nitrogens is 2. The van der Waals surface area contributed by atoms with Gasteiger partial charge in [-0.05, 0) is 48.9 Å². The van der Waals surface area contributed by atoms with Crippen molar-refractivity contribution in [2.24, 2.45) is 0 Å². The van der Waals surface area contributed by atoms with Crippen LogP contribution in [0.1, 0.15) is 11.3 Å². The summed E-state index contributed by atoms with van der Waals surface area (Å²) in [6, 6.07) is 14.2. The molecule has 124 valence electrons. The molecule has 4 nitrogen and oxygen atoms in total. The number of aryl methyl sites for hydroxylation is 1. The molecule has 0 aliphatic rings. The van der Waals surface area contributed by atoms with E-state index in [1.165, 1.54) is 12.1 Å². The molecule has 2 aromatic carbocycles. The fourth-order valence-electron chi connectivity index (χ4n) is 2.57. The molecule has 0 spiro atoms. The van der Waals surface area contributed by atoms with E-state index in [0.29, 0.717) is 18.0 Å². The van der Waals surface area contributed by atoms with Crippen LogP contribution in [0, 0.1) is 12.7 Å². The highest BCUT2D eigenvalue weighted by Crippen LogP contribution is 2.32. The third-order valence-electron chi connectivity index (χ3n) is 3.91. The van der Waals surface area contributed by atoms with Crippen LogP contribution in [-0.2, 0) is 6.54 Å². The van der Waals surface area contributed by atoms with Crippen molar-refractivity contribution in [2.75, 3.05) is 14.2 Å². The van der Waals surface area contributed by atoms with Crippen LogP contribution in [0.15, 0.2) is 48.5 Å². The smallest absolute Gasteiger partial charge is 0.161 e. The Bertz CT molecular complexity index is 841. The monoisotopic (exact) mass is 326 g/mol. The average Bonchev–Trinajstić information content (AvgIpc) is 2.97. The van der Waals surface area contributed by atoms with Gasteiger partial charge in [0.2, 0.25) is 0 Å². The molecular weight excluding hydrogens is 307 g/mol. The Kier molecular flexibility index (Phi) is 4.51. The van der Waals surface area contributed by atoms with Crippen molar-refractivity contribution in [3.05, 3.63) is 65.6 Å². The molecule has 0 N–H and O–H groups in total. The largest absolute Gasteiger partial charge is 0.493 e.